The van der Waals surface area contributed by atoms with Crippen molar-refractivity contribution in [2.75, 3.05) is 11.3 Å². The van der Waals surface area contributed by atoms with Crippen molar-refractivity contribution in [1.82, 2.24) is 10.2 Å². The van der Waals surface area contributed by atoms with Gasteiger partial charge in [-0.25, -0.2) is 8.42 Å². The SMILES string of the molecule is NCC#Cc1ccccc1NS(=O)(=O)c1cn[nH]c1. The minimum atomic E-state index is -3.66. The van der Waals surface area contributed by atoms with Crippen molar-refractivity contribution < 1.29 is 8.42 Å². The highest BCUT2D eigenvalue weighted by Crippen LogP contribution is 2.18. The van der Waals surface area contributed by atoms with E-state index in [1.165, 1.54) is 12.4 Å². The third-order valence-corrected chi connectivity index (χ3v) is 3.61. The molecule has 2 rings (SSSR count). The van der Waals surface area contributed by atoms with Crippen LogP contribution in [0.3, 0.4) is 0 Å². The molecule has 0 saturated heterocycles. The Balaban J connectivity index is 2.34. The van der Waals surface area contributed by atoms with Gasteiger partial charge in [0, 0.05) is 11.8 Å². The van der Waals surface area contributed by atoms with Gasteiger partial charge in [-0.05, 0) is 12.1 Å². The molecule has 1 aromatic heterocycles. The van der Waals surface area contributed by atoms with Crippen molar-refractivity contribution >= 4 is 15.7 Å². The molecule has 0 unspecified atom stereocenters. The van der Waals surface area contributed by atoms with Crippen LogP contribution in [0.15, 0.2) is 41.6 Å². The van der Waals surface area contributed by atoms with E-state index >= 15 is 0 Å². The third-order valence-electron chi connectivity index (χ3n) is 2.28. The predicted molar refractivity (Wildman–Crippen MR) is 71.8 cm³/mol. The topological polar surface area (TPSA) is 101 Å². The number of H-pyrrole nitrogens is 1. The van der Waals surface area contributed by atoms with Crippen LogP contribution in [0.5, 0.6) is 0 Å². The van der Waals surface area contributed by atoms with Gasteiger partial charge >= 0.3 is 0 Å². The van der Waals surface area contributed by atoms with Crippen LogP contribution in [-0.4, -0.2) is 25.2 Å². The van der Waals surface area contributed by atoms with Crippen molar-refractivity contribution in [3.8, 4) is 11.8 Å². The first-order valence-corrected chi connectivity index (χ1v) is 6.91. The second-order valence-electron chi connectivity index (χ2n) is 3.59. The molecule has 0 atom stereocenters. The molecule has 98 valence electrons. The molecule has 0 amide bonds. The molecule has 0 bridgehead atoms. The van der Waals surface area contributed by atoms with Crippen molar-refractivity contribution in [1.29, 1.82) is 0 Å². The number of para-hydroxylation sites is 1. The van der Waals surface area contributed by atoms with E-state index in [0.717, 1.165) is 0 Å². The van der Waals surface area contributed by atoms with Crippen molar-refractivity contribution in [2.45, 2.75) is 4.90 Å². The van der Waals surface area contributed by atoms with Crippen molar-refractivity contribution in [2.24, 2.45) is 5.73 Å². The molecule has 4 N–H and O–H groups in total. The molecule has 0 saturated carbocycles. The van der Waals surface area contributed by atoms with Crippen LogP contribution in [0.2, 0.25) is 0 Å². The molecule has 0 spiro atoms. The summed E-state index contributed by atoms with van der Waals surface area (Å²) >= 11 is 0. The Bertz CT molecular complexity index is 712. The van der Waals surface area contributed by atoms with Gasteiger partial charge in [-0.15, -0.1) is 0 Å². The molecule has 19 heavy (non-hydrogen) atoms. The number of nitrogens with two attached hydrogens (primary N) is 1. The Labute approximate surface area is 111 Å². The quantitative estimate of drug-likeness (QED) is 0.711. The highest BCUT2D eigenvalue weighted by atomic mass is 32.2. The number of rotatable bonds is 3. The summed E-state index contributed by atoms with van der Waals surface area (Å²) < 4.78 is 26.6. The van der Waals surface area contributed by atoms with E-state index in [-0.39, 0.29) is 11.4 Å². The molecule has 1 aromatic carbocycles. The number of aromatic nitrogens is 2. The van der Waals surface area contributed by atoms with Crippen LogP contribution in [0.1, 0.15) is 5.56 Å². The summed E-state index contributed by atoms with van der Waals surface area (Å²) in [6, 6.07) is 6.85. The highest BCUT2D eigenvalue weighted by molar-refractivity contribution is 7.92. The van der Waals surface area contributed by atoms with Gasteiger partial charge in [-0.1, -0.05) is 24.0 Å². The molecular weight excluding hydrogens is 264 g/mol. The minimum absolute atomic E-state index is 0.0640. The van der Waals surface area contributed by atoms with Crippen LogP contribution in [0.4, 0.5) is 5.69 Å². The summed E-state index contributed by atoms with van der Waals surface area (Å²) in [4.78, 5) is 0.0640. The molecule has 2 aromatic rings. The van der Waals surface area contributed by atoms with E-state index in [2.05, 4.69) is 26.8 Å². The molecule has 0 aliphatic rings. The number of hydrogen-bond donors (Lipinski definition) is 3. The Morgan fingerprint density at radius 3 is 2.84 bits per heavy atom. The van der Waals surface area contributed by atoms with E-state index < -0.39 is 10.0 Å². The monoisotopic (exact) mass is 276 g/mol. The summed E-state index contributed by atoms with van der Waals surface area (Å²) in [5, 5.41) is 6.07. The molecule has 0 aliphatic carbocycles. The third kappa shape index (κ3) is 3.13. The first kappa shape index (κ1) is 13.1. The zero-order valence-electron chi connectivity index (χ0n) is 9.92. The van der Waals surface area contributed by atoms with E-state index in [1.807, 2.05) is 0 Å². The van der Waals surface area contributed by atoms with E-state index in [1.54, 1.807) is 24.3 Å². The Hall–Kier alpha value is -2.30. The van der Waals surface area contributed by atoms with Crippen LogP contribution < -0.4 is 10.5 Å². The maximum Gasteiger partial charge on any atom is 0.265 e. The number of benzene rings is 1. The molecule has 0 radical (unpaired) electrons. The van der Waals surface area contributed by atoms with Gasteiger partial charge in [0.05, 0.1) is 18.4 Å². The van der Waals surface area contributed by atoms with Crippen LogP contribution in [0, 0.1) is 11.8 Å². The van der Waals surface area contributed by atoms with Gasteiger partial charge in [-0.2, -0.15) is 5.10 Å². The molecular formula is C12H12N4O2S. The maximum absolute atomic E-state index is 12.0. The summed E-state index contributed by atoms with van der Waals surface area (Å²) in [5.41, 5.74) is 6.28. The predicted octanol–water partition coefficient (Wildman–Crippen LogP) is 0.521. The maximum atomic E-state index is 12.0. The number of hydrogen-bond acceptors (Lipinski definition) is 4. The van der Waals surface area contributed by atoms with E-state index in [4.69, 9.17) is 5.73 Å². The van der Waals surface area contributed by atoms with Gasteiger partial charge in [0.15, 0.2) is 0 Å². The zero-order chi connectivity index (χ0) is 13.7. The van der Waals surface area contributed by atoms with Gasteiger partial charge < -0.3 is 5.73 Å². The van der Waals surface area contributed by atoms with Gasteiger partial charge in [0.2, 0.25) is 0 Å². The normalized spacial score (nSPS) is 10.6. The van der Waals surface area contributed by atoms with E-state index in [0.29, 0.717) is 11.3 Å². The number of aromatic amines is 1. The second-order valence-corrected chi connectivity index (χ2v) is 5.27. The summed E-state index contributed by atoms with van der Waals surface area (Å²) in [6.07, 6.45) is 2.53. The first-order valence-electron chi connectivity index (χ1n) is 5.43. The average Bonchev–Trinajstić information content (AvgIpc) is 2.92. The van der Waals surface area contributed by atoms with Crippen LogP contribution in [0.25, 0.3) is 0 Å². The van der Waals surface area contributed by atoms with Crippen LogP contribution in [-0.2, 0) is 10.0 Å². The van der Waals surface area contributed by atoms with Crippen molar-refractivity contribution in [3.05, 3.63) is 42.2 Å². The molecule has 0 aliphatic heterocycles. The highest BCUT2D eigenvalue weighted by Gasteiger charge is 2.16. The van der Waals surface area contributed by atoms with Gasteiger partial charge in [0.25, 0.3) is 10.0 Å². The number of nitrogens with zero attached hydrogens (tertiary/aromatic N) is 1. The standard InChI is InChI=1S/C12H12N4O2S/c13-7-3-5-10-4-1-2-6-12(10)16-19(17,18)11-8-14-15-9-11/h1-2,4,6,8-9,16H,7,13H2,(H,14,15). The lowest BCUT2D eigenvalue weighted by molar-refractivity contribution is 0.601. The lowest BCUT2D eigenvalue weighted by atomic mass is 10.2. The van der Waals surface area contributed by atoms with Gasteiger partial charge in [-0.3, -0.25) is 9.82 Å². The Morgan fingerprint density at radius 2 is 2.16 bits per heavy atom. The first-order chi connectivity index (χ1) is 9.13. The largest absolute Gasteiger partial charge is 0.320 e. The summed E-state index contributed by atoms with van der Waals surface area (Å²) in [5.74, 6) is 5.51. The fourth-order valence-electron chi connectivity index (χ4n) is 1.42. The molecule has 1 heterocycles. The summed E-state index contributed by atoms with van der Waals surface area (Å²) in [7, 11) is -3.66. The fourth-order valence-corrected chi connectivity index (χ4v) is 2.40. The Kier molecular flexibility index (Phi) is 3.85. The second kappa shape index (κ2) is 5.56. The molecule has 6 nitrogen and oxygen atoms in total. The lowest BCUT2D eigenvalue weighted by Crippen LogP contribution is -2.13. The Morgan fingerprint density at radius 1 is 1.37 bits per heavy atom. The average molecular weight is 276 g/mol. The van der Waals surface area contributed by atoms with Crippen LogP contribution >= 0.6 is 0 Å². The number of sulfonamides is 1. The lowest BCUT2D eigenvalue weighted by Gasteiger charge is -2.07. The van der Waals surface area contributed by atoms with Crippen molar-refractivity contribution in [3.63, 3.8) is 0 Å². The smallest absolute Gasteiger partial charge is 0.265 e. The zero-order valence-corrected chi connectivity index (χ0v) is 10.7. The minimum Gasteiger partial charge on any atom is -0.320 e. The molecule has 7 heteroatoms. The van der Waals surface area contributed by atoms with Gasteiger partial charge in [0.1, 0.15) is 4.90 Å². The number of anilines is 1. The molecule has 0 fully saturated rings. The number of nitrogens with one attached hydrogen (secondary N) is 2. The summed E-state index contributed by atoms with van der Waals surface area (Å²) in [6.45, 7) is 0.211. The fraction of sp³-hybridized carbons (Fsp3) is 0.0833. The van der Waals surface area contributed by atoms with E-state index in [9.17, 15) is 8.42 Å².